The number of rotatable bonds is 8. The molecule has 3 heterocycles. The highest BCUT2D eigenvalue weighted by atomic mass is 35.5. The first kappa shape index (κ1) is 32.5. The Balaban J connectivity index is 1.23. The van der Waals surface area contributed by atoms with E-state index in [0.717, 1.165) is 4.90 Å². The van der Waals surface area contributed by atoms with Crippen molar-refractivity contribution in [2.45, 2.75) is 39.0 Å². The molecule has 2 aromatic heterocycles. The summed E-state index contributed by atoms with van der Waals surface area (Å²) in [7, 11) is 0. The number of Topliss-reactive ketones (excluding diaryl/α,β-unsaturated/α-hetero) is 1. The topological polar surface area (TPSA) is 126 Å². The van der Waals surface area contributed by atoms with E-state index in [-0.39, 0.29) is 48.4 Å². The first-order valence-electron chi connectivity index (χ1n) is 15.0. The second-order valence-corrected chi connectivity index (χ2v) is 11.9. The number of fused-ring (bicyclic) bond motifs is 1. The predicted molar refractivity (Wildman–Crippen MR) is 178 cm³/mol. The average Bonchev–Trinajstić information content (AvgIpc) is 3.63. The lowest BCUT2D eigenvalue weighted by Gasteiger charge is -2.24. The number of nitrogens with zero attached hydrogens (tertiary/aromatic N) is 4. The number of carbonyl (C=O) groups is 4. The molecule has 1 saturated heterocycles. The second kappa shape index (κ2) is 13.3. The van der Waals surface area contributed by atoms with Gasteiger partial charge >= 0.3 is 0 Å². The van der Waals surface area contributed by atoms with Crippen molar-refractivity contribution in [2.24, 2.45) is 0 Å². The lowest BCUT2D eigenvalue weighted by atomic mass is 10.0. The van der Waals surface area contributed by atoms with Crippen molar-refractivity contribution in [3.05, 3.63) is 95.7 Å². The molecule has 10 nitrogen and oxygen atoms in total. The van der Waals surface area contributed by atoms with Gasteiger partial charge in [-0.2, -0.15) is 0 Å². The molecular formula is C35H29ClF2N6O4. The minimum absolute atomic E-state index is 0.124. The van der Waals surface area contributed by atoms with Gasteiger partial charge in [0, 0.05) is 70.1 Å². The number of carbonyl (C=O) groups excluding carboxylic acids is 4. The first-order chi connectivity index (χ1) is 23.0. The molecule has 5 aromatic rings. The predicted octanol–water partition coefficient (Wildman–Crippen LogP) is 6.30. The van der Waals surface area contributed by atoms with Crippen molar-refractivity contribution in [1.29, 1.82) is 0 Å². The van der Waals surface area contributed by atoms with Gasteiger partial charge in [0.05, 0.1) is 12.2 Å². The minimum Gasteiger partial charge on any atom is -0.337 e. The van der Waals surface area contributed by atoms with E-state index in [2.05, 4.69) is 20.6 Å². The Bertz CT molecular complexity index is 2080. The lowest BCUT2D eigenvalue weighted by molar-refractivity contribution is -0.137. The van der Waals surface area contributed by atoms with Crippen LogP contribution in [0.3, 0.4) is 0 Å². The molecule has 0 radical (unpaired) electrons. The summed E-state index contributed by atoms with van der Waals surface area (Å²) < 4.78 is 31.9. The monoisotopic (exact) mass is 670 g/mol. The van der Waals surface area contributed by atoms with Crippen LogP contribution in [-0.2, 0) is 20.9 Å². The van der Waals surface area contributed by atoms with Crippen molar-refractivity contribution in [2.75, 3.05) is 17.2 Å². The van der Waals surface area contributed by atoms with Crippen LogP contribution in [0.15, 0.2) is 79.3 Å². The van der Waals surface area contributed by atoms with E-state index in [4.69, 9.17) is 11.6 Å². The van der Waals surface area contributed by atoms with E-state index in [1.165, 1.54) is 38.4 Å². The van der Waals surface area contributed by atoms with Gasteiger partial charge in [0.2, 0.25) is 23.7 Å². The Hall–Kier alpha value is -5.49. The van der Waals surface area contributed by atoms with Gasteiger partial charge in [-0.1, -0.05) is 48.0 Å². The lowest BCUT2D eigenvalue weighted by Crippen LogP contribution is -2.44. The second-order valence-electron chi connectivity index (χ2n) is 11.5. The highest BCUT2D eigenvalue weighted by molar-refractivity contribution is 6.33. The third-order valence-electron chi connectivity index (χ3n) is 8.13. The number of hydrogen-bond donors (Lipinski definition) is 2. The molecule has 48 heavy (non-hydrogen) atoms. The zero-order chi connectivity index (χ0) is 34.1. The Kier molecular flexibility index (Phi) is 9.01. The van der Waals surface area contributed by atoms with E-state index in [0.29, 0.717) is 38.2 Å². The van der Waals surface area contributed by atoms with Crippen LogP contribution in [0.4, 0.5) is 20.4 Å². The third-order valence-corrected chi connectivity index (χ3v) is 8.46. The Morgan fingerprint density at radius 1 is 0.938 bits per heavy atom. The maximum atomic E-state index is 15.5. The van der Waals surface area contributed by atoms with Gasteiger partial charge < -0.3 is 14.8 Å². The number of aromatic nitrogens is 3. The summed E-state index contributed by atoms with van der Waals surface area (Å²) in [5.74, 6) is -2.36. The molecule has 6 rings (SSSR count). The van der Waals surface area contributed by atoms with Crippen LogP contribution in [0.5, 0.6) is 0 Å². The van der Waals surface area contributed by atoms with E-state index in [1.807, 2.05) is 0 Å². The largest absolute Gasteiger partial charge is 0.337 e. The maximum absolute atomic E-state index is 15.5. The van der Waals surface area contributed by atoms with Gasteiger partial charge in [-0.15, -0.1) is 0 Å². The van der Waals surface area contributed by atoms with Gasteiger partial charge in [-0.05, 0) is 36.8 Å². The average molecular weight is 671 g/mol. The molecule has 3 amide bonds. The molecule has 244 valence electrons. The Morgan fingerprint density at radius 3 is 2.38 bits per heavy atom. The quantitative estimate of drug-likeness (QED) is 0.187. The van der Waals surface area contributed by atoms with Crippen LogP contribution in [0.2, 0.25) is 5.02 Å². The minimum atomic E-state index is -1.46. The van der Waals surface area contributed by atoms with Gasteiger partial charge in [-0.25, -0.2) is 18.7 Å². The molecule has 1 aliphatic heterocycles. The number of ketones is 1. The van der Waals surface area contributed by atoms with Crippen LogP contribution in [0, 0.1) is 5.82 Å². The number of alkyl halides is 1. The summed E-state index contributed by atoms with van der Waals surface area (Å²) in [6.45, 7) is 2.18. The van der Waals surface area contributed by atoms with E-state index < -0.39 is 29.8 Å². The zero-order valence-corrected chi connectivity index (χ0v) is 26.6. The summed E-state index contributed by atoms with van der Waals surface area (Å²) in [4.78, 5) is 60.4. The normalized spacial score (nSPS) is 15.8. The Morgan fingerprint density at radius 2 is 1.67 bits per heavy atom. The van der Waals surface area contributed by atoms with E-state index in [9.17, 15) is 23.6 Å². The van der Waals surface area contributed by atoms with E-state index >= 15 is 4.39 Å². The molecule has 2 atom stereocenters. The van der Waals surface area contributed by atoms with Crippen LogP contribution in [0.1, 0.15) is 30.6 Å². The number of benzene rings is 3. The smallest absolute Gasteiger partial charge is 0.247 e. The van der Waals surface area contributed by atoms with Gasteiger partial charge in [0.1, 0.15) is 18.8 Å². The third kappa shape index (κ3) is 6.52. The summed E-state index contributed by atoms with van der Waals surface area (Å²) in [6, 6.07) is 15.3. The van der Waals surface area contributed by atoms with Gasteiger partial charge in [0.25, 0.3) is 0 Å². The summed E-state index contributed by atoms with van der Waals surface area (Å²) >= 11 is 6.26. The highest BCUT2D eigenvalue weighted by Gasteiger charge is 2.40. The maximum Gasteiger partial charge on any atom is 0.247 e. The van der Waals surface area contributed by atoms with Crippen LogP contribution in [0.25, 0.3) is 33.2 Å². The highest BCUT2D eigenvalue weighted by Crippen LogP contribution is 2.34. The van der Waals surface area contributed by atoms with E-state index in [1.54, 1.807) is 59.3 Å². The van der Waals surface area contributed by atoms with Crippen LogP contribution in [-0.4, -0.2) is 61.7 Å². The number of anilines is 2. The molecule has 1 aliphatic rings. The molecule has 1 fully saturated rings. The molecule has 0 aliphatic carbocycles. The molecular weight excluding hydrogens is 642 g/mol. The number of likely N-dealkylation sites (tertiary alicyclic amines) is 1. The summed E-state index contributed by atoms with van der Waals surface area (Å²) in [5.41, 5.74) is 2.77. The SMILES string of the molecule is CC(=O)Nc1ncc(-c2ccc3c(c2)c(C(C)=O)cn3CC(=O)N2CC(F)CC2C(=O)Nc2cccc(-c3ccccc3Cl)c2F)cn1. The van der Waals surface area contributed by atoms with Crippen molar-refractivity contribution in [1.82, 2.24) is 19.4 Å². The standard InChI is InChI=1S/C35H29ClF2N6O4/c1-19(45)27-17-43(30-11-10-21(12-26(27)30)22-14-39-35(40-15-22)41-20(2)46)18-32(47)44-16-23(37)13-31(44)34(48)42-29-9-5-7-25(33(29)38)24-6-3-4-8-28(24)36/h3-12,14-15,17,23,31H,13,16,18H2,1-2H3,(H,42,48)(H,39,40,41,46). The fourth-order valence-electron chi connectivity index (χ4n) is 5.86. The fraction of sp³-hybridized carbons (Fsp3) is 0.200. The molecule has 3 aromatic carbocycles. The van der Waals surface area contributed by atoms with Crippen LogP contribution >= 0.6 is 11.6 Å². The molecule has 2 N–H and O–H groups in total. The molecule has 13 heteroatoms. The summed E-state index contributed by atoms with van der Waals surface area (Å²) in [6.07, 6.45) is 2.93. The molecule has 0 saturated carbocycles. The first-order valence-corrected chi connectivity index (χ1v) is 15.4. The molecule has 0 bridgehead atoms. The van der Waals surface area contributed by atoms with Crippen molar-refractivity contribution in [3.63, 3.8) is 0 Å². The number of hydrogen-bond acceptors (Lipinski definition) is 6. The van der Waals surface area contributed by atoms with Gasteiger partial charge in [0.15, 0.2) is 11.6 Å². The zero-order valence-electron chi connectivity index (χ0n) is 25.8. The van der Waals surface area contributed by atoms with Crippen LogP contribution < -0.4 is 10.6 Å². The van der Waals surface area contributed by atoms with Crippen molar-refractivity contribution >= 4 is 57.6 Å². The summed E-state index contributed by atoms with van der Waals surface area (Å²) in [5, 5.41) is 5.95. The number of halogens is 3. The Labute approximate surface area is 278 Å². The van der Waals surface area contributed by atoms with Crippen molar-refractivity contribution < 1.29 is 28.0 Å². The molecule has 2 unspecified atom stereocenters. The molecule has 0 spiro atoms. The van der Waals surface area contributed by atoms with Gasteiger partial charge in [-0.3, -0.25) is 24.5 Å². The number of amides is 3. The van der Waals surface area contributed by atoms with Crippen molar-refractivity contribution in [3.8, 4) is 22.3 Å². The number of nitrogens with one attached hydrogen (secondary N) is 2. The fourth-order valence-corrected chi connectivity index (χ4v) is 6.10.